The topological polar surface area (TPSA) is 80.3 Å². The number of hydrogen-bond acceptors (Lipinski definition) is 4. The van der Waals surface area contributed by atoms with Gasteiger partial charge in [0.2, 0.25) is 0 Å². The summed E-state index contributed by atoms with van der Waals surface area (Å²) in [4.78, 5) is 28.9. The van der Waals surface area contributed by atoms with Crippen molar-refractivity contribution in [2.24, 2.45) is 0 Å². The molecule has 0 fully saturated rings. The van der Waals surface area contributed by atoms with Crippen molar-refractivity contribution in [2.45, 2.75) is 6.42 Å². The molecule has 1 aromatic heterocycles. The lowest BCUT2D eigenvalue weighted by molar-refractivity contribution is 0.0954. The maximum atomic E-state index is 13.6. The Bertz CT molecular complexity index is 1020. The molecule has 0 spiro atoms. The fourth-order valence-electron chi connectivity index (χ4n) is 2.74. The second-order valence-corrected chi connectivity index (χ2v) is 6.18. The Balaban J connectivity index is 1.63. The van der Waals surface area contributed by atoms with E-state index >= 15 is 0 Å². The fourth-order valence-corrected chi connectivity index (χ4v) is 2.74. The Morgan fingerprint density at radius 3 is 2.59 bits per heavy atom. The van der Waals surface area contributed by atoms with Crippen LogP contribution in [0.3, 0.4) is 0 Å². The van der Waals surface area contributed by atoms with Gasteiger partial charge in [0.25, 0.3) is 11.8 Å². The molecular weight excluding hydrogens is 373 g/mol. The molecule has 7 heteroatoms. The molecule has 6 nitrogen and oxygen atoms in total. The van der Waals surface area contributed by atoms with Crippen molar-refractivity contribution in [2.75, 3.05) is 19.0 Å². The van der Waals surface area contributed by atoms with Crippen molar-refractivity contribution in [3.63, 3.8) is 0 Å². The van der Waals surface area contributed by atoms with E-state index in [1.54, 1.807) is 42.5 Å². The first-order valence-electron chi connectivity index (χ1n) is 9.00. The molecule has 2 N–H and O–H groups in total. The number of hydrogen-bond donors (Lipinski definition) is 2. The number of carbonyl (C=O) groups is 2. The smallest absolute Gasteiger partial charge is 0.274 e. The zero-order valence-corrected chi connectivity index (χ0v) is 15.8. The van der Waals surface area contributed by atoms with Crippen LogP contribution in [0.25, 0.3) is 0 Å². The number of aromatic nitrogens is 1. The van der Waals surface area contributed by atoms with E-state index in [1.165, 1.54) is 31.5 Å². The molecule has 0 saturated carbocycles. The fraction of sp³-hybridized carbons (Fsp3) is 0.136. The maximum Gasteiger partial charge on any atom is 0.274 e. The number of nitrogens with zero attached hydrogens (tertiary/aromatic N) is 1. The summed E-state index contributed by atoms with van der Waals surface area (Å²) in [6.45, 7) is 0.269. The number of anilines is 1. The lowest BCUT2D eigenvalue weighted by atomic mass is 10.1. The molecule has 0 aliphatic heterocycles. The van der Waals surface area contributed by atoms with Crippen LogP contribution in [0.2, 0.25) is 0 Å². The third-order valence-corrected chi connectivity index (χ3v) is 4.25. The minimum Gasteiger partial charge on any atom is -0.495 e. The van der Waals surface area contributed by atoms with Crippen molar-refractivity contribution in [1.82, 2.24) is 10.3 Å². The number of methoxy groups -OCH3 is 1. The van der Waals surface area contributed by atoms with Gasteiger partial charge >= 0.3 is 0 Å². The van der Waals surface area contributed by atoms with Gasteiger partial charge in [-0.1, -0.05) is 30.3 Å². The highest BCUT2D eigenvalue weighted by Gasteiger charge is 2.14. The van der Waals surface area contributed by atoms with Crippen molar-refractivity contribution in [1.29, 1.82) is 0 Å². The van der Waals surface area contributed by atoms with Crippen LogP contribution in [0.15, 0.2) is 66.9 Å². The molecule has 0 bridgehead atoms. The van der Waals surface area contributed by atoms with Crippen molar-refractivity contribution >= 4 is 17.5 Å². The number of pyridine rings is 1. The van der Waals surface area contributed by atoms with Crippen LogP contribution in [0, 0.1) is 5.82 Å². The van der Waals surface area contributed by atoms with E-state index in [4.69, 9.17) is 4.74 Å². The molecule has 148 valence electrons. The number of amides is 2. The second-order valence-electron chi connectivity index (χ2n) is 6.18. The highest BCUT2D eigenvalue weighted by molar-refractivity contribution is 6.05. The van der Waals surface area contributed by atoms with E-state index in [0.717, 1.165) is 0 Å². The number of ether oxygens (including phenoxy) is 1. The third-order valence-electron chi connectivity index (χ3n) is 4.25. The molecule has 1 heterocycles. The molecule has 2 amide bonds. The van der Waals surface area contributed by atoms with E-state index < -0.39 is 5.91 Å². The predicted octanol–water partition coefficient (Wildman–Crippen LogP) is 3.45. The van der Waals surface area contributed by atoms with Gasteiger partial charge in [0, 0.05) is 18.3 Å². The minimum absolute atomic E-state index is 0.0951. The molecule has 2 aromatic carbocycles. The van der Waals surface area contributed by atoms with Gasteiger partial charge in [-0.25, -0.2) is 4.39 Å². The zero-order chi connectivity index (χ0) is 20.6. The largest absolute Gasteiger partial charge is 0.495 e. The summed E-state index contributed by atoms with van der Waals surface area (Å²) in [6.07, 6.45) is 1.76. The van der Waals surface area contributed by atoms with Gasteiger partial charge in [-0.05, 0) is 42.3 Å². The molecule has 0 atom stereocenters. The quantitative estimate of drug-likeness (QED) is 0.644. The van der Waals surface area contributed by atoms with Crippen LogP contribution in [-0.2, 0) is 6.42 Å². The average Bonchev–Trinajstić information content (AvgIpc) is 2.75. The van der Waals surface area contributed by atoms with Gasteiger partial charge in [0.05, 0.1) is 12.8 Å². The monoisotopic (exact) mass is 393 g/mol. The molecule has 0 saturated heterocycles. The van der Waals surface area contributed by atoms with Crippen LogP contribution in [0.4, 0.5) is 10.1 Å². The van der Waals surface area contributed by atoms with Gasteiger partial charge < -0.3 is 15.4 Å². The van der Waals surface area contributed by atoms with Crippen molar-refractivity contribution < 1.29 is 18.7 Å². The Labute approximate surface area is 167 Å². The van der Waals surface area contributed by atoms with Gasteiger partial charge in [0.15, 0.2) is 0 Å². The van der Waals surface area contributed by atoms with E-state index in [2.05, 4.69) is 15.6 Å². The highest BCUT2D eigenvalue weighted by Crippen LogP contribution is 2.23. The molecule has 3 aromatic rings. The number of para-hydroxylation sites is 2. The molecule has 0 aliphatic carbocycles. The normalized spacial score (nSPS) is 10.3. The van der Waals surface area contributed by atoms with Crippen LogP contribution in [-0.4, -0.2) is 30.5 Å². The number of carbonyl (C=O) groups excluding carboxylic acids is 2. The summed E-state index contributed by atoms with van der Waals surface area (Å²) in [5.74, 6) is -0.616. The van der Waals surface area contributed by atoms with Gasteiger partial charge in [-0.15, -0.1) is 0 Å². The number of rotatable bonds is 7. The standard InChI is InChI=1S/C22H20FN3O3/c1-29-20-9-5-4-8-18(20)26-22(28)19-14-16(11-12-24-19)21(27)25-13-10-15-6-2-3-7-17(15)23/h2-9,11-12,14H,10,13H2,1H3,(H,25,27)(H,26,28). The summed E-state index contributed by atoms with van der Waals surface area (Å²) in [7, 11) is 1.51. The first kappa shape index (κ1) is 20.0. The molecule has 29 heavy (non-hydrogen) atoms. The number of nitrogens with one attached hydrogen (secondary N) is 2. The van der Waals surface area contributed by atoms with E-state index in [0.29, 0.717) is 29.0 Å². The van der Waals surface area contributed by atoms with E-state index in [1.807, 2.05) is 0 Å². The average molecular weight is 393 g/mol. The van der Waals surface area contributed by atoms with Crippen LogP contribution in [0.1, 0.15) is 26.4 Å². The molecule has 3 rings (SSSR count). The first-order chi connectivity index (χ1) is 14.1. The first-order valence-corrected chi connectivity index (χ1v) is 9.00. The zero-order valence-electron chi connectivity index (χ0n) is 15.8. The van der Waals surface area contributed by atoms with E-state index in [9.17, 15) is 14.0 Å². The van der Waals surface area contributed by atoms with E-state index in [-0.39, 0.29) is 24.0 Å². The van der Waals surface area contributed by atoms with Gasteiger partial charge in [-0.2, -0.15) is 0 Å². The van der Waals surface area contributed by atoms with Crippen LogP contribution in [0.5, 0.6) is 5.75 Å². The third kappa shape index (κ3) is 5.16. The maximum absolute atomic E-state index is 13.6. The number of halogens is 1. The Morgan fingerprint density at radius 1 is 1.03 bits per heavy atom. The summed E-state index contributed by atoms with van der Waals surface area (Å²) in [5.41, 5.74) is 1.41. The van der Waals surface area contributed by atoms with Crippen molar-refractivity contribution in [3.8, 4) is 5.75 Å². The Kier molecular flexibility index (Phi) is 6.52. The lowest BCUT2D eigenvalue weighted by Crippen LogP contribution is -2.26. The van der Waals surface area contributed by atoms with Gasteiger partial charge in [0.1, 0.15) is 17.3 Å². The Hall–Kier alpha value is -3.74. The molecule has 0 unspecified atom stereocenters. The molecule has 0 aliphatic rings. The second kappa shape index (κ2) is 9.45. The molecular formula is C22H20FN3O3. The summed E-state index contributed by atoms with van der Waals surface area (Å²) in [6, 6.07) is 16.3. The SMILES string of the molecule is COc1ccccc1NC(=O)c1cc(C(=O)NCCc2ccccc2F)ccn1. The summed E-state index contributed by atoms with van der Waals surface area (Å²) in [5, 5.41) is 5.44. The minimum atomic E-state index is -0.462. The Morgan fingerprint density at radius 2 is 1.79 bits per heavy atom. The van der Waals surface area contributed by atoms with Crippen LogP contribution >= 0.6 is 0 Å². The van der Waals surface area contributed by atoms with Crippen molar-refractivity contribution in [3.05, 3.63) is 89.5 Å². The number of benzene rings is 2. The summed E-state index contributed by atoms with van der Waals surface area (Å²) < 4.78 is 18.8. The predicted molar refractivity (Wildman–Crippen MR) is 108 cm³/mol. The molecule has 0 radical (unpaired) electrons. The lowest BCUT2D eigenvalue weighted by Gasteiger charge is -2.10. The van der Waals surface area contributed by atoms with Crippen LogP contribution < -0.4 is 15.4 Å². The summed E-state index contributed by atoms with van der Waals surface area (Å²) >= 11 is 0. The van der Waals surface area contributed by atoms with Gasteiger partial charge in [-0.3, -0.25) is 14.6 Å². The highest BCUT2D eigenvalue weighted by atomic mass is 19.1.